The van der Waals surface area contributed by atoms with Crippen molar-refractivity contribution in [2.75, 3.05) is 25.4 Å². The molecule has 14 heavy (non-hydrogen) atoms. The Bertz CT molecular complexity index is 276. The highest BCUT2D eigenvalue weighted by atomic mass is 32.2. The van der Waals surface area contributed by atoms with Crippen molar-refractivity contribution in [1.82, 2.24) is 4.31 Å². The van der Waals surface area contributed by atoms with Gasteiger partial charge in [-0.3, -0.25) is 0 Å². The predicted molar refractivity (Wildman–Crippen MR) is 55.4 cm³/mol. The summed E-state index contributed by atoms with van der Waals surface area (Å²) in [5.74, 6) is 0.750. The largest absolute Gasteiger partial charge is 0.396 e. The van der Waals surface area contributed by atoms with Crippen molar-refractivity contribution >= 4 is 10.0 Å². The van der Waals surface area contributed by atoms with Crippen LogP contribution in [-0.2, 0) is 10.0 Å². The van der Waals surface area contributed by atoms with Gasteiger partial charge in [0.05, 0.1) is 5.75 Å². The van der Waals surface area contributed by atoms with Crippen molar-refractivity contribution in [3.05, 3.63) is 0 Å². The molecule has 1 saturated heterocycles. The molecule has 1 fully saturated rings. The number of sulfonamides is 1. The number of hydrogen-bond acceptors (Lipinski definition) is 3. The van der Waals surface area contributed by atoms with Gasteiger partial charge in [-0.1, -0.05) is 13.8 Å². The molecule has 0 bridgehead atoms. The van der Waals surface area contributed by atoms with Crippen molar-refractivity contribution in [3.63, 3.8) is 0 Å². The smallest absolute Gasteiger partial charge is 0.214 e. The SMILES string of the molecule is CC(CCO)CN1CC(C)CS1(=O)=O. The van der Waals surface area contributed by atoms with Gasteiger partial charge in [0.1, 0.15) is 0 Å². The highest BCUT2D eigenvalue weighted by molar-refractivity contribution is 7.89. The number of aliphatic hydroxyl groups excluding tert-OH is 1. The lowest BCUT2D eigenvalue weighted by Gasteiger charge is -2.18. The molecule has 0 spiro atoms. The van der Waals surface area contributed by atoms with Crippen LogP contribution in [-0.4, -0.2) is 43.3 Å². The molecule has 0 saturated carbocycles. The Balaban J connectivity index is 2.53. The molecule has 2 unspecified atom stereocenters. The van der Waals surface area contributed by atoms with E-state index in [1.165, 1.54) is 0 Å². The summed E-state index contributed by atoms with van der Waals surface area (Å²) in [6, 6.07) is 0. The molecule has 4 nitrogen and oxygen atoms in total. The summed E-state index contributed by atoms with van der Waals surface area (Å²) >= 11 is 0. The maximum atomic E-state index is 11.6. The summed E-state index contributed by atoms with van der Waals surface area (Å²) in [7, 11) is -3.00. The molecule has 0 aromatic rings. The third-order valence-corrected chi connectivity index (χ3v) is 4.62. The molecule has 0 aromatic heterocycles. The van der Waals surface area contributed by atoms with Crippen LogP contribution in [0.2, 0.25) is 0 Å². The Morgan fingerprint density at radius 2 is 2.21 bits per heavy atom. The highest BCUT2D eigenvalue weighted by Crippen LogP contribution is 2.20. The van der Waals surface area contributed by atoms with Gasteiger partial charge in [0.15, 0.2) is 0 Å². The van der Waals surface area contributed by atoms with E-state index in [1.54, 1.807) is 4.31 Å². The zero-order valence-electron chi connectivity index (χ0n) is 8.81. The van der Waals surface area contributed by atoms with E-state index in [9.17, 15) is 8.42 Å². The minimum Gasteiger partial charge on any atom is -0.396 e. The lowest BCUT2D eigenvalue weighted by molar-refractivity contribution is 0.245. The van der Waals surface area contributed by atoms with E-state index in [4.69, 9.17) is 5.11 Å². The number of rotatable bonds is 4. The lowest BCUT2D eigenvalue weighted by Crippen LogP contribution is -2.30. The van der Waals surface area contributed by atoms with Crippen molar-refractivity contribution in [2.45, 2.75) is 20.3 Å². The van der Waals surface area contributed by atoms with Gasteiger partial charge in [0.2, 0.25) is 10.0 Å². The van der Waals surface area contributed by atoms with Crippen LogP contribution < -0.4 is 0 Å². The topological polar surface area (TPSA) is 57.6 Å². The molecule has 0 aliphatic carbocycles. The van der Waals surface area contributed by atoms with Gasteiger partial charge in [-0.2, -0.15) is 0 Å². The first-order valence-corrected chi connectivity index (χ1v) is 6.65. The molecule has 1 heterocycles. The normalized spacial score (nSPS) is 29.2. The molecule has 1 aliphatic rings. The molecule has 2 atom stereocenters. The highest BCUT2D eigenvalue weighted by Gasteiger charge is 2.33. The fraction of sp³-hybridized carbons (Fsp3) is 1.00. The Morgan fingerprint density at radius 1 is 1.57 bits per heavy atom. The van der Waals surface area contributed by atoms with Gasteiger partial charge in [0.25, 0.3) is 0 Å². The van der Waals surface area contributed by atoms with Crippen molar-refractivity contribution in [3.8, 4) is 0 Å². The van der Waals surface area contributed by atoms with Crippen molar-refractivity contribution < 1.29 is 13.5 Å². The summed E-state index contributed by atoms with van der Waals surface area (Å²) in [6.07, 6.45) is 0.667. The molecular weight excluding hydrogens is 202 g/mol. The Morgan fingerprint density at radius 3 is 2.64 bits per heavy atom. The van der Waals surface area contributed by atoms with Crippen LogP contribution in [0.4, 0.5) is 0 Å². The minimum absolute atomic E-state index is 0.130. The first kappa shape index (κ1) is 11.9. The summed E-state index contributed by atoms with van der Waals surface area (Å²) in [5, 5.41) is 8.72. The molecule has 1 rings (SSSR count). The first-order valence-electron chi connectivity index (χ1n) is 5.04. The van der Waals surface area contributed by atoms with Gasteiger partial charge in [-0.15, -0.1) is 0 Å². The average Bonchev–Trinajstić information content (AvgIpc) is 2.25. The molecule has 1 aliphatic heterocycles. The third-order valence-electron chi connectivity index (χ3n) is 2.54. The predicted octanol–water partition coefficient (Wildman–Crippen LogP) is 0.286. The lowest BCUT2D eigenvalue weighted by atomic mass is 10.1. The molecule has 0 radical (unpaired) electrons. The van der Waals surface area contributed by atoms with Crippen molar-refractivity contribution in [2.24, 2.45) is 11.8 Å². The zero-order chi connectivity index (χ0) is 10.8. The fourth-order valence-corrected chi connectivity index (χ4v) is 3.82. The van der Waals surface area contributed by atoms with Gasteiger partial charge in [-0.05, 0) is 18.3 Å². The number of hydrogen-bond donors (Lipinski definition) is 1. The summed E-state index contributed by atoms with van der Waals surface area (Å²) < 4.78 is 24.7. The Labute approximate surface area is 86.0 Å². The van der Waals surface area contributed by atoms with Crippen LogP contribution in [0.15, 0.2) is 0 Å². The van der Waals surface area contributed by atoms with Crippen LogP contribution in [0.3, 0.4) is 0 Å². The summed E-state index contributed by atoms with van der Waals surface area (Å²) in [5.41, 5.74) is 0. The molecule has 0 amide bonds. The quantitative estimate of drug-likeness (QED) is 0.742. The molecule has 1 N–H and O–H groups in total. The van der Waals surface area contributed by atoms with E-state index in [2.05, 4.69) is 0 Å². The molecule has 5 heteroatoms. The van der Waals surface area contributed by atoms with Crippen LogP contribution >= 0.6 is 0 Å². The Hall–Kier alpha value is -0.130. The maximum Gasteiger partial charge on any atom is 0.214 e. The number of aliphatic hydroxyl groups is 1. The van der Waals surface area contributed by atoms with Crippen LogP contribution in [0.25, 0.3) is 0 Å². The van der Waals surface area contributed by atoms with Crippen LogP contribution in [0, 0.1) is 11.8 Å². The monoisotopic (exact) mass is 221 g/mol. The fourth-order valence-electron chi connectivity index (χ4n) is 1.83. The second-order valence-electron chi connectivity index (χ2n) is 4.32. The minimum atomic E-state index is -3.00. The molecule has 84 valence electrons. The molecule has 0 aromatic carbocycles. The van der Waals surface area contributed by atoms with Gasteiger partial charge < -0.3 is 5.11 Å². The third kappa shape index (κ3) is 2.93. The van der Waals surface area contributed by atoms with E-state index in [1.807, 2.05) is 13.8 Å². The van der Waals surface area contributed by atoms with Gasteiger partial charge in [0, 0.05) is 19.7 Å². The summed E-state index contributed by atoms with van der Waals surface area (Å²) in [4.78, 5) is 0. The number of nitrogens with zero attached hydrogens (tertiary/aromatic N) is 1. The average molecular weight is 221 g/mol. The van der Waals surface area contributed by atoms with Gasteiger partial charge in [-0.25, -0.2) is 12.7 Å². The van der Waals surface area contributed by atoms with Crippen molar-refractivity contribution in [1.29, 1.82) is 0 Å². The molecular formula is C9H19NO3S. The Kier molecular flexibility index (Phi) is 3.92. The van der Waals surface area contributed by atoms with E-state index >= 15 is 0 Å². The summed E-state index contributed by atoms with van der Waals surface area (Å²) in [6.45, 7) is 5.24. The van der Waals surface area contributed by atoms with Crippen LogP contribution in [0.1, 0.15) is 20.3 Å². The standard InChI is InChI=1S/C9H19NO3S/c1-8(3-4-11)5-10-6-9(2)7-14(10,12)13/h8-9,11H,3-7H2,1-2H3. The zero-order valence-corrected chi connectivity index (χ0v) is 9.63. The van der Waals surface area contributed by atoms with E-state index in [0.717, 1.165) is 0 Å². The second-order valence-corrected chi connectivity index (χ2v) is 6.33. The van der Waals surface area contributed by atoms with E-state index in [0.29, 0.717) is 19.5 Å². The first-order chi connectivity index (χ1) is 6.45. The van der Waals surface area contributed by atoms with E-state index in [-0.39, 0.29) is 24.2 Å². The van der Waals surface area contributed by atoms with Crippen LogP contribution in [0.5, 0.6) is 0 Å². The maximum absolute atomic E-state index is 11.6. The second kappa shape index (κ2) is 4.59. The van der Waals surface area contributed by atoms with Gasteiger partial charge >= 0.3 is 0 Å². The van der Waals surface area contributed by atoms with E-state index < -0.39 is 10.0 Å².